The standard InChI is InChI=1S/C27H28N6OS/c1-18-23-25(32-16-14-31(15-17-32)22-11-5-6-12-28-22)29-19(2)30-26(23)35-24(18)27(34)33-13-7-9-20-8-3-4-10-21(20)33/h3-6,8,10-12H,7,9,13-17H2,1-2H3. The van der Waals surface area contributed by atoms with Crippen molar-refractivity contribution in [1.29, 1.82) is 0 Å². The summed E-state index contributed by atoms with van der Waals surface area (Å²) in [6, 6.07) is 14.3. The average Bonchev–Trinajstić information content (AvgIpc) is 3.24. The highest BCUT2D eigenvalue weighted by atomic mass is 32.1. The van der Waals surface area contributed by atoms with E-state index in [9.17, 15) is 4.79 Å². The third-order valence-electron chi connectivity index (χ3n) is 6.98. The van der Waals surface area contributed by atoms with E-state index in [0.29, 0.717) is 0 Å². The number of carbonyl (C=O) groups excluding carboxylic acids is 1. The average molecular weight is 485 g/mol. The number of nitrogens with zero attached hydrogens (tertiary/aromatic N) is 6. The molecule has 2 aliphatic heterocycles. The van der Waals surface area contributed by atoms with Gasteiger partial charge in [-0.1, -0.05) is 24.3 Å². The van der Waals surface area contributed by atoms with Crippen LogP contribution in [0.1, 0.15) is 33.0 Å². The van der Waals surface area contributed by atoms with Gasteiger partial charge in [-0.3, -0.25) is 4.79 Å². The van der Waals surface area contributed by atoms with E-state index in [0.717, 1.165) is 89.4 Å². The molecule has 35 heavy (non-hydrogen) atoms. The Morgan fingerprint density at radius 1 is 0.914 bits per heavy atom. The molecule has 1 aromatic carbocycles. The molecule has 0 unspecified atom stereocenters. The van der Waals surface area contributed by atoms with Crippen LogP contribution in [-0.4, -0.2) is 53.6 Å². The number of benzene rings is 1. The molecule has 4 aromatic rings. The fourth-order valence-electron chi connectivity index (χ4n) is 5.21. The molecule has 8 heteroatoms. The molecular weight excluding hydrogens is 456 g/mol. The smallest absolute Gasteiger partial charge is 0.268 e. The number of rotatable bonds is 3. The number of amides is 1. The summed E-state index contributed by atoms with van der Waals surface area (Å²) >= 11 is 1.50. The monoisotopic (exact) mass is 484 g/mol. The van der Waals surface area contributed by atoms with Crippen LogP contribution in [-0.2, 0) is 6.42 Å². The Balaban J connectivity index is 1.33. The van der Waals surface area contributed by atoms with Crippen molar-refractivity contribution in [2.45, 2.75) is 26.7 Å². The Bertz CT molecular complexity index is 1390. The highest BCUT2D eigenvalue weighted by molar-refractivity contribution is 7.20. The molecule has 0 bridgehead atoms. The van der Waals surface area contributed by atoms with Crippen LogP contribution in [0.25, 0.3) is 10.2 Å². The number of piperazine rings is 1. The fourth-order valence-corrected chi connectivity index (χ4v) is 6.38. The van der Waals surface area contributed by atoms with Gasteiger partial charge in [0, 0.05) is 44.6 Å². The first-order valence-corrected chi connectivity index (χ1v) is 13.0. The first-order valence-electron chi connectivity index (χ1n) is 12.2. The van der Waals surface area contributed by atoms with Gasteiger partial charge in [-0.25, -0.2) is 15.0 Å². The zero-order valence-electron chi connectivity index (χ0n) is 20.1. The van der Waals surface area contributed by atoms with Crippen molar-refractivity contribution >= 4 is 44.8 Å². The third-order valence-corrected chi connectivity index (χ3v) is 8.16. The van der Waals surface area contributed by atoms with E-state index in [2.05, 4.69) is 39.0 Å². The lowest BCUT2D eigenvalue weighted by Gasteiger charge is -2.36. The normalized spacial score (nSPS) is 16.0. The van der Waals surface area contributed by atoms with Crippen molar-refractivity contribution in [3.63, 3.8) is 0 Å². The van der Waals surface area contributed by atoms with Crippen LogP contribution >= 0.6 is 11.3 Å². The minimum absolute atomic E-state index is 0.0706. The molecule has 1 saturated heterocycles. The predicted molar refractivity (Wildman–Crippen MR) is 142 cm³/mol. The van der Waals surface area contributed by atoms with E-state index in [1.807, 2.05) is 43.1 Å². The number of fused-ring (bicyclic) bond motifs is 2. The second-order valence-electron chi connectivity index (χ2n) is 9.18. The van der Waals surface area contributed by atoms with Gasteiger partial charge in [0.15, 0.2) is 0 Å². The number of para-hydroxylation sites is 1. The summed E-state index contributed by atoms with van der Waals surface area (Å²) in [6.07, 6.45) is 3.84. The van der Waals surface area contributed by atoms with Crippen molar-refractivity contribution in [1.82, 2.24) is 15.0 Å². The van der Waals surface area contributed by atoms with Crippen LogP contribution in [0.15, 0.2) is 48.7 Å². The van der Waals surface area contributed by atoms with Crippen molar-refractivity contribution in [3.05, 3.63) is 70.5 Å². The van der Waals surface area contributed by atoms with Crippen LogP contribution in [0.5, 0.6) is 0 Å². The first-order chi connectivity index (χ1) is 17.1. The minimum Gasteiger partial charge on any atom is -0.353 e. The summed E-state index contributed by atoms with van der Waals surface area (Å²) < 4.78 is 0. The van der Waals surface area contributed by atoms with Crippen molar-refractivity contribution in [2.75, 3.05) is 47.4 Å². The second-order valence-corrected chi connectivity index (χ2v) is 10.2. The highest BCUT2D eigenvalue weighted by Crippen LogP contribution is 2.38. The third kappa shape index (κ3) is 3.91. The first kappa shape index (κ1) is 22.0. The number of aryl methyl sites for hydroxylation is 3. The van der Waals surface area contributed by atoms with Crippen LogP contribution in [0.4, 0.5) is 17.3 Å². The van der Waals surface area contributed by atoms with Crippen LogP contribution < -0.4 is 14.7 Å². The molecule has 2 aliphatic rings. The van der Waals surface area contributed by atoms with Crippen molar-refractivity contribution < 1.29 is 4.79 Å². The van der Waals surface area contributed by atoms with Crippen LogP contribution in [0, 0.1) is 13.8 Å². The Morgan fingerprint density at radius 3 is 2.49 bits per heavy atom. The summed E-state index contributed by atoms with van der Waals surface area (Å²) in [4.78, 5) is 36.1. The van der Waals surface area contributed by atoms with Crippen LogP contribution in [0.3, 0.4) is 0 Å². The van der Waals surface area contributed by atoms with Gasteiger partial charge in [0.2, 0.25) is 0 Å². The SMILES string of the molecule is Cc1nc(N2CCN(c3ccccn3)CC2)c2c(C)c(C(=O)N3CCCc4ccccc43)sc2n1. The summed E-state index contributed by atoms with van der Waals surface area (Å²) in [7, 11) is 0. The molecule has 7 nitrogen and oxygen atoms in total. The van der Waals surface area contributed by atoms with Gasteiger partial charge in [-0.05, 0) is 56.0 Å². The fraction of sp³-hybridized carbons (Fsp3) is 0.333. The maximum Gasteiger partial charge on any atom is 0.268 e. The molecule has 0 aliphatic carbocycles. The molecule has 3 aromatic heterocycles. The Hall–Kier alpha value is -3.52. The van der Waals surface area contributed by atoms with Gasteiger partial charge in [-0.15, -0.1) is 11.3 Å². The van der Waals surface area contributed by atoms with E-state index in [4.69, 9.17) is 9.97 Å². The summed E-state index contributed by atoms with van der Waals surface area (Å²) in [5, 5.41) is 1.01. The number of aromatic nitrogens is 3. The summed E-state index contributed by atoms with van der Waals surface area (Å²) in [5.74, 6) is 2.77. The molecule has 178 valence electrons. The molecule has 0 spiro atoms. The number of anilines is 3. The topological polar surface area (TPSA) is 65.5 Å². The maximum absolute atomic E-state index is 13.8. The van der Waals surface area contributed by atoms with Gasteiger partial charge in [0.1, 0.15) is 22.3 Å². The molecule has 6 rings (SSSR count). The van der Waals surface area contributed by atoms with E-state index in [-0.39, 0.29) is 5.91 Å². The molecule has 0 atom stereocenters. The van der Waals surface area contributed by atoms with Gasteiger partial charge < -0.3 is 14.7 Å². The lowest BCUT2D eigenvalue weighted by atomic mass is 10.0. The zero-order valence-corrected chi connectivity index (χ0v) is 20.9. The number of hydrogen-bond acceptors (Lipinski definition) is 7. The summed E-state index contributed by atoms with van der Waals surface area (Å²) in [5.41, 5.74) is 3.27. The van der Waals surface area contributed by atoms with E-state index >= 15 is 0 Å². The Morgan fingerprint density at radius 2 is 1.69 bits per heavy atom. The van der Waals surface area contributed by atoms with Crippen molar-refractivity contribution in [2.24, 2.45) is 0 Å². The molecule has 0 saturated carbocycles. The van der Waals surface area contributed by atoms with Crippen molar-refractivity contribution in [3.8, 4) is 0 Å². The van der Waals surface area contributed by atoms with E-state index < -0.39 is 0 Å². The van der Waals surface area contributed by atoms with Gasteiger partial charge >= 0.3 is 0 Å². The number of hydrogen-bond donors (Lipinski definition) is 0. The lowest BCUT2D eigenvalue weighted by Crippen LogP contribution is -2.47. The molecule has 1 amide bonds. The minimum atomic E-state index is 0.0706. The molecule has 0 radical (unpaired) electrons. The maximum atomic E-state index is 13.8. The number of carbonyl (C=O) groups is 1. The van der Waals surface area contributed by atoms with Gasteiger partial charge in [0.05, 0.1) is 10.3 Å². The predicted octanol–water partition coefficient (Wildman–Crippen LogP) is 4.62. The molecule has 1 fully saturated rings. The Labute approximate surface area is 209 Å². The largest absolute Gasteiger partial charge is 0.353 e. The highest BCUT2D eigenvalue weighted by Gasteiger charge is 2.29. The molecule has 0 N–H and O–H groups in total. The zero-order chi connectivity index (χ0) is 23.9. The summed E-state index contributed by atoms with van der Waals surface area (Å²) in [6.45, 7) is 8.18. The number of pyridine rings is 1. The van der Waals surface area contributed by atoms with Gasteiger partial charge in [0.25, 0.3) is 5.91 Å². The van der Waals surface area contributed by atoms with E-state index in [1.54, 1.807) is 0 Å². The van der Waals surface area contributed by atoms with E-state index in [1.165, 1.54) is 16.9 Å². The number of thiophene rings is 1. The molecular formula is C27H28N6OS. The quantitative estimate of drug-likeness (QED) is 0.423. The molecule has 5 heterocycles. The Kier molecular flexibility index (Phi) is 5.60. The van der Waals surface area contributed by atoms with Crippen LogP contribution in [0.2, 0.25) is 0 Å². The van der Waals surface area contributed by atoms with Gasteiger partial charge in [-0.2, -0.15) is 0 Å². The lowest BCUT2D eigenvalue weighted by molar-refractivity contribution is 0.0988. The second kappa shape index (κ2) is 8.92.